The molecule has 1 aliphatic rings. The van der Waals surface area contributed by atoms with Crippen LogP contribution in [0.25, 0.3) is 0 Å². The molecule has 0 saturated carbocycles. The van der Waals surface area contributed by atoms with Crippen molar-refractivity contribution in [2.45, 2.75) is 12.8 Å². The average Bonchev–Trinajstić information content (AvgIpc) is 2.69. The van der Waals surface area contributed by atoms with Crippen molar-refractivity contribution in [2.24, 2.45) is 5.92 Å². The number of hydrogen-bond acceptors (Lipinski definition) is 4. The second-order valence-electron chi connectivity index (χ2n) is 6.41. The fraction of sp³-hybridized carbons (Fsp3) is 0.316. The lowest BCUT2D eigenvalue weighted by atomic mass is 9.96. The van der Waals surface area contributed by atoms with E-state index in [2.05, 4.69) is 26.2 Å². The van der Waals surface area contributed by atoms with Crippen molar-refractivity contribution in [3.63, 3.8) is 0 Å². The van der Waals surface area contributed by atoms with Crippen molar-refractivity contribution < 1.29 is 14.3 Å². The number of methoxy groups -OCH3 is 1. The Labute approximate surface area is 181 Å². The zero-order valence-electron chi connectivity index (χ0n) is 15.0. The molecule has 9 heteroatoms. The van der Waals surface area contributed by atoms with E-state index >= 15 is 0 Å². The van der Waals surface area contributed by atoms with Crippen LogP contribution in [-0.2, 0) is 4.79 Å². The van der Waals surface area contributed by atoms with Gasteiger partial charge in [-0.15, -0.1) is 0 Å². The number of piperidine rings is 1. The quantitative estimate of drug-likeness (QED) is 0.682. The highest BCUT2D eigenvalue weighted by Gasteiger charge is 2.29. The monoisotopic (exact) mass is 485 g/mol. The Morgan fingerprint density at radius 2 is 2.00 bits per heavy atom. The molecule has 3 rings (SSSR count). The van der Waals surface area contributed by atoms with Crippen molar-refractivity contribution in [2.75, 3.05) is 25.5 Å². The first-order valence-corrected chi connectivity index (χ1v) is 10.2. The van der Waals surface area contributed by atoms with Gasteiger partial charge in [-0.05, 0) is 53.0 Å². The molecule has 2 heterocycles. The first-order valence-electron chi connectivity index (χ1n) is 8.63. The predicted octanol–water partition coefficient (Wildman–Crippen LogP) is 4.65. The maximum atomic E-state index is 12.9. The molecule has 6 nitrogen and oxygen atoms in total. The van der Waals surface area contributed by atoms with E-state index in [1.165, 1.54) is 19.2 Å². The third-order valence-electron chi connectivity index (χ3n) is 4.51. The molecule has 2 aromatic rings. The number of anilines is 1. The lowest BCUT2D eigenvalue weighted by Crippen LogP contribution is -2.43. The molecule has 1 aromatic carbocycles. The highest BCUT2D eigenvalue weighted by molar-refractivity contribution is 9.10. The Kier molecular flexibility index (Phi) is 6.80. The summed E-state index contributed by atoms with van der Waals surface area (Å²) < 4.78 is 5.95. The predicted molar refractivity (Wildman–Crippen MR) is 112 cm³/mol. The molecule has 1 atom stereocenters. The zero-order valence-corrected chi connectivity index (χ0v) is 18.1. The maximum absolute atomic E-state index is 12.9. The van der Waals surface area contributed by atoms with Gasteiger partial charge >= 0.3 is 0 Å². The second kappa shape index (κ2) is 9.11. The highest BCUT2D eigenvalue weighted by Crippen LogP contribution is 2.34. The third kappa shape index (κ3) is 4.77. The number of rotatable bonds is 4. The molecule has 0 bridgehead atoms. The Bertz CT molecular complexity index is 869. The molecule has 1 saturated heterocycles. The molecule has 1 aromatic heterocycles. The zero-order chi connectivity index (χ0) is 20.3. The summed E-state index contributed by atoms with van der Waals surface area (Å²) in [6, 6.07) is 6.58. The van der Waals surface area contributed by atoms with Gasteiger partial charge in [0, 0.05) is 29.3 Å². The molecule has 0 aliphatic carbocycles. The molecule has 1 aliphatic heterocycles. The largest absolute Gasteiger partial charge is 0.494 e. The normalized spacial score (nSPS) is 16.6. The summed E-state index contributed by atoms with van der Waals surface area (Å²) in [5, 5.41) is 3.34. The van der Waals surface area contributed by atoms with Gasteiger partial charge in [-0.25, -0.2) is 4.98 Å². The SMILES string of the molecule is COc1c(Cl)cc(C(=O)N2CCCC(C(=O)Nc3ccc(Br)cn3)C2)cc1Cl. The molecule has 148 valence electrons. The number of carbonyl (C=O) groups is 2. The number of ether oxygens (including phenoxy) is 1. The van der Waals surface area contributed by atoms with Gasteiger partial charge in [-0.2, -0.15) is 0 Å². The third-order valence-corrected chi connectivity index (χ3v) is 5.54. The maximum Gasteiger partial charge on any atom is 0.253 e. The number of nitrogens with one attached hydrogen (secondary N) is 1. The van der Waals surface area contributed by atoms with Crippen molar-refractivity contribution in [1.29, 1.82) is 0 Å². The van der Waals surface area contributed by atoms with E-state index in [-0.39, 0.29) is 27.8 Å². The molecule has 0 spiro atoms. The molecule has 1 fully saturated rings. The van der Waals surface area contributed by atoms with Crippen LogP contribution in [0, 0.1) is 5.92 Å². The fourth-order valence-electron chi connectivity index (χ4n) is 3.11. The van der Waals surface area contributed by atoms with Crippen LogP contribution in [0.2, 0.25) is 10.0 Å². The van der Waals surface area contributed by atoms with Crippen LogP contribution in [0.1, 0.15) is 23.2 Å². The summed E-state index contributed by atoms with van der Waals surface area (Å²) >= 11 is 15.6. The Morgan fingerprint density at radius 1 is 1.29 bits per heavy atom. The minimum Gasteiger partial charge on any atom is -0.494 e. The number of hydrogen-bond donors (Lipinski definition) is 1. The molecule has 28 heavy (non-hydrogen) atoms. The number of carbonyl (C=O) groups excluding carboxylic acids is 2. The Hall–Kier alpha value is -1.83. The van der Waals surface area contributed by atoms with Crippen molar-refractivity contribution >= 4 is 56.8 Å². The summed E-state index contributed by atoms with van der Waals surface area (Å²) in [5.74, 6) is 0.124. The van der Waals surface area contributed by atoms with Gasteiger partial charge in [0.25, 0.3) is 5.91 Å². The average molecular weight is 487 g/mol. The van der Waals surface area contributed by atoms with Crippen LogP contribution < -0.4 is 10.1 Å². The van der Waals surface area contributed by atoms with Crippen LogP contribution in [0.15, 0.2) is 34.9 Å². The van der Waals surface area contributed by atoms with E-state index in [1.807, 2.05) is 0 Å². The van der Waals surface area contributed by atoms with E-state index in [1.54, 1.807) is 23.2 Å². The molecule has 1 N–H and O–H groups in total. The van der Waals surface area contributed by atoms with Crippen LogP contribution >= 0.6 is 39.1 Å². The van der Waals surface area contributed by atoms with Gasteiger partial charge in [0.1, 0.15) is 5.82 Å². The second-order valence-corrected chi connectivity index (χ2v) is 8.14. The number of pyridine rings is 1. The van der Waals surface area contributed by atoms with Gasteiger partial charge in [0.05, 0.1) is 23.1 Å². The van der Waals surface area contributed by atoms with Crippen LogP contribution in [-0.4, -0.2) is 41.9 Å². The van der Waals surface area contributed by atoms with Crippen LogP contribution in [0.4, 0.5) is 5.82 Å². The molecular formula is C19H18BrCl2N3O3. The number of amides is 2. The number of benzene rings is 1. The van der Waals surface area contributed by atoms with E-state index in [4.69, 9.17) is 27.9 Å². The number of nitrogens with zero attached hydrogens (tertiary/aromatic N) is 2. The molecule has 1 unspecified atom stereocenters. The topological polar surface area (TPSA) is 71.5 Å². The number of aromatic nitrogens is 1. The number of halogens is 3. The standard InChI is InChI=1S/C19H18BrCl2N3O3/c1-28-17-14(21)7-12(8-15(17)22)19(27)25-6-2-3-11(10-25)18(26)24-16-5-4-13(20)9-23-16/h4-5,7-9,11H,2-3,6,10H2,1H3,(H,23,24,26). The molecule has 2 amide bonds. The first kappa shape index (κ1) is 20.9. The van der Waals surface area contributed by atoms with Gasteiger partial charge in [0.2, 0.25) is 5.91 Å². The summed E-state index contributed by atoms with van der Waals surface area (Å²) in [7, 11) is 1.46. The van der Waals surface area contributed by atoms with Crippen molar-refractivity contribution in [1.82, 2.24) is 9.88 Å². The van der Waals surface area contributed by atoms with Gasteiger partial charge in [-0.1, -0.05) is 23.2 Å². The van der Waals surface area contributed by atoms with E-state index in [9.17, 15) is 9.59 Å². The first-order chi connectivity index (χ1) is 13.4. The van der Waals surface area contributed by atoms with Crippen LogP contribution in [0.5, 0.6) is 5.75 Å². The smallest absolute Gasteiger partial charge is 0.253 e. The van der Waals surface area contributed by atoms with Crippen molar-refractivity contribution in [3.8, 4) is 5.75 Å². The van der Waals surface area contributed by atoms with Gasteiger partial charge < -0.3 is 15.0 Å². The fourth-order valence-corrected chi connectivity index (χ4v) is 3.99. The lowest BCUT2D eigenvalue weighted by molar-refractivity contribution is -0.121. The number of likely N-dealkylation sites (tertiary alicyclic amines) is 1. The van der Waals surface area contributed by atoms with E-state index in [0.717, 1.165) is 10.9 Å². The van der Waals surface area contributed by atoms with E-state index in [0.29, 0.717) is 36.6 Å². The minimum atomic E-state index is -0.313. The Morgan fingerprint density at radius 3 is 2.61 bits per heavy atom. The van der Waals surface area contributed by atoms with Crippen molar-refractivity contribution in [3.05, 3.63) is 50.5 Å². The molecule has 0 radical (unpaired) electrons. The Balaban J connectivity index is 1.69. The summed E-state index contributed by atoms with van der Waals surface area (Å²) in [6.45, 7) is 0.892. The molecular weight excluding hydrogens is 469 g/mol. The van der Waals surface area contributed by atoms with Gasteiger partial charge in [0.15, 0.2) is 5.75 Å². The highest BCUT2D eigenvalue weighted by atomic mass is 79.9. The summed E-state index contributed by atoms with van der Waals surface area (Å²) in [4.78, 5) is 31.3. The van der Waals surface area contributed by atoms with Crippen LogP contribution in [0.3, 0.4) is 0 Å². The van der Waals surface area contributed by atoms with E-state index < -0.39 is 0 Å². The summed E-state index contributed by atoms with van der Waals surface area (Å²) in [6.07, 6.45) is 3.05. The summed E-state index contributed by atoms with van der Waals surface area (Å²) in [5.41, 5.74) is 0.367. The minimum absolute atomic E-state index is 0.155. The van der Waals surface area contributed by atoms with Gasteiger partial charge in [-0.3, -0.25) is 9.59 Å². The lowest BCUT2D eigenvalue weighted by Gasteiger charge is -2.32.